The molecule has 8 aromatic carbocycles. The van der Waals surface area contributed by atoms with Crippen molar-refractivity contribution in [2.24, 2.45) is 4.99 Å². The van der Waals surface area contributed by atoms with E-state index in [1.54, 1.807) is 0 Å². The van der Waals surface area contributed by atoms with Gasteiger partial charge in [-0.2, -0.15) is 0 Å². The summed E-state index contributed by atoms with van der Waals surface area (Å²) >= 11 is 1.89. The van der Waals surface area contributed by atoms with Crippen LogP contribution in [-0.4, -0.2) is 21.1 Å². The van der Waals surface area contributed by atoms with Crippen LogP contribution in [0, 0.1) is 0 Å². The number of fused-ring (bicyclic) bond motifs is 12. The summed E-state index contributed by atoms with van der Waals surface area (Å²) in [6, 6.07) is 62.1. The van der Waals surface area contributed by atoms with Crippen LogP contribution in [0.3, 0.4) is 0 Å². The minimum absolute atomic E-state index is 0.0225. The number of allylic oxidation sites excluding steroid dienone is 2. The molecule has 1 atom stereocenters. The molecule has 0 saturated carbocycles. The van der Waals surface area contributed by atoms with Crippen molar-refractivity contribution < 1.29 is 0 Å². The third-order valence-corrected chi connectivity index (χ3v) is 13.5. The van der Waals surface area contributed by atoms with E-state index in [4.69, 9.17) is 4.99 Å². The van der Waals surface area contributed by atoms with E-state index in [2.05, 4.69) is 209 Å². The quantitative estimate of drug-likeness (QED) is 0.191. The highest BCUT2D eigenvalue weighted by Gasteiger charge is 2.27. The summed E-state index contributed by atoms with van der Waals surface area (Å²) in [5.41, 5.74) is 11.4. The Labute approximate surface area is 343 Å². The average Bonchev–Trinajstić information content (AvgIpc) is 3.96. The first-order valence-corrected chi connectivity index (χ1v) is 21.0. The number of aromatic nitrogens is 2. The van der Waals surface area contributed by atoms with E-state index >= 15 is 0 Å². The number of rotatable bonds is 3. The van der Waals surface area contributed by atoms with Gasteiger partial charge in [-0.25, -0.2) is 4.99 Å². The van der Waals surface area contributed by atoms with Gasteiger partial charge in [0.1, 0.15) is 0 Å². The number of para-hydroxylation sites is 1. The second kappa shape index (κ2) is 12.5. The molecular weight excluding hydrogens is 737 g/mol. The Hall–Kier alpha value is -7.47. The lowest BCUT2D eigenvalue weighted by Gasteiger charge is -2.28. The molecule has 1 unspecified atom stereocenters. The number of nitrogens with one attached hydrogen (secondary N) is 1. The van der Waals surface area contributed by atoms with Crippen LogP contribution >= 0.6 is 11.3 Å². The van der Waals surface area contributed by atoms with Gasteiger partial charge in [0.15, 0.2) is 0 Å². The van der Waals surface area contributed by atoms with Crippen molar-refractivity contribution in [3.8, 4) is 16.8 Å². The fourth-order valence-corrected chi connectivity index (χ4v) is 10.8. The molecule has 4 heterocycles. The first-order chi connectivity index (χ1) is 29.2. The molecule has 5 heteroatoms. The number of thiophene rings is 1. The summed E-state index contributed by atoms with van der Waals surface area (Å²) in [6.45, 7) is 0. The molecule has 276 valence electrons. The van der Waals surface area contributed by atoms with Gasteiger partial charge >= 0.3 is 0 Å². The molecule has 4 nitrogen and oxygen atoms in total. The van der Waals surface area contributed by atoms with E-state index in [-0.39, 0.29) is 6.04 Å². The Morgan fingerprint density at radius 1 is 0.492 bits per heavy atom. The predicted molar refractivity (Wildman–Crippen MR) is 251 cm³/mol. The summed E-state index contributed by atoms with van der Waals surface area (Å²) in [6.07, 6.45) is 8.68. The van der Waals surface area contributed by atoms with E-state index in [1.807, 2.05) is 11.3 Å². The molecule has 0 saturated heterocycles. The van der Waals surface area contributed by atoms with E-state index < -0.39 is 0 Å². The Morgan fingerprint density at radius 2 is 1.22 bits per heavy atom. The standard InChI is InChI=1S/C54H34N4S/c1-2-12-33(13-3-1)36-24-28-48-44(31-36)45-32-38(57-47-20-10-7-16-39(47)41-26-27-42-40-17-8-11-21-50(40)59-53(42)52(41)57)25-29-49(45)58(48)54-55-46-19-9-6-18-43(46)51(56-54)37-23-22-34-14-4-5-15-35(34)30-37/h1-32,46H,(H,55,56). The van der Waals surface area contributed by atoms with Crippen molar-refractivity contribution in [3.05, 3.63) is 205 Å². The van der Waals surface area contributed by atoms with Crippen LogP contribution in [0.25, 0.3) is 97.1 Å². The van der Waals surface area contributed by atoms with E-state index in [0.717, 1.165) is 33.9 Å². The van der Waals surface area contributed by atoms with Crippen LogP contribution in [0.5, 0.6) is 0 Å². The third kappa shape index (κ3) is 4.86. The highest BCUT2D eigenvalue weighted by molar-refractivity contribution is 7.26. The highest BCUT2D eigenvalue weighted by Crippen LogP contribution is 2.44. The first-order valence-electron chi connectivity index (χ1n) is 20.2. The fourth-order valence-electron chi connectivity index (χ4n) is 9.61. The lowest BCUT2D eigenvalue weighted by Crippen LogP contribution is -2.42. The lowest BCUT2D eigenvalue weighted by atomic mass is 9.94. The topological polar surface area (TPSA) is 34.2 Å². The van der Waals surface area contributed by atoms with Crippen LogP contribution in [0.2, 0.25) is 0 Å². The molecule has 11 aromatic rings. The van der Waals surface area contributed by atoms with Gasteiger partial charge in [0, 0.05) is 53.8 Å². The Kier molecular flexibility index (Phi) is 6.91. The molecule has 1 aliphatic heterocycles. The second-order valence-electron chi connectivity index (χ2n) is 15.6. The number of aliphatic imine (C=N–C) groups is 1. The monoisotopic (exact) mass is 770 g/mol. The van der Waals surface area contributed by atoms with Crippen molar-refractivity contribution >= 4 is 97.5 Å². The number of nitrogens with zero attached hydrogens (tertiary/aromatic N) is 3. The van der Waals surface area contributed by atoms with Crippen molar-refractivity contribution in [2.75, 3.05) is 0 Å². The Bertz CT molecular complexity index is 3700. The van der Waals surface area contributed by atoms with E-state index in [9.17, 15) is 0 Å². The molecule has 0 spiro atoms. The highest BCUT2D eigenvalue weighted by atomic mass is 32.1. The van der Waals surface area contributed by atoms with Gasteiger partial charge < -0.3 is 9.88 Å². The molecule has 59 heavy (non-hydrogen) atoms. The molecule has 13 rings (SSSR count). The van der Waals surface area contributed by atoms with Gasteiger partial charge in [0.2, 0.25) is 5.96 Å². The maximum atomic E-state index is 5.53. The largest absolute Gasteiger partial charge is 0.345 e. The van der Waals surface area contributed by atoms with Crippen LogP contribution in [0.15, 0.2) is 205 Å². The molecule has 2 aliphatic rings. The van der Waals surface area contributed by atoms with E-state index in [0.29, 0.717) is 0 Å². The normalized spacial score (nSPS) is 15.3. The second-order valence-corrected chi connectivity index (χ2v) is 16.6. The predicted octanol–water partition coefficient (Wildman–Crippen LogP) is 13.8. The molecule has 0 amide bonds. The van der Waals surface area contributed by atoms with Crippen molar-refractivity contribution in [1.29, 1.82) is 0 Å². The third-order valence-electron chi connectivity index (χ3n) is 12.3. The van der Waals surface area contributed by atoms with Gasteiger partial charge in [-0.1, -0.05) is 146 Å². The smallest absolute Gasteiger partial charge is 0.209 e. The molecule has 0 fully saturated rings. The van der Waals surface area contributed by atoms with Gasteiger partial charge in [0.25, 0.3) is 0 Å². The average molecular weight is 771 g/mol. The molecule has 0 bridgehead atoms. The van der Waals surface area contributed by atoms with Crippen LogP contribution in [0.1, 0.15) is 5.56 Å². The number of hydrogen-bond donors (Lipinski definition) is 1. The Morgan fingerprint density at radius 3 is 2.14 bits per heavy atom. The number of benzene rings is 8. The van der Waals surface area contributed by atoms with Gasteiger partial charge in [0.05, 0.1) is 38.5 Å². The zero-order valence-electron chi connectivity index (χ0n) is 31.8. The van der Waals surface area contributed by atoms with Crippen molar-refractivity contribution in [2.45, 2.75) is 6.04 Å². The minimum Gasteiger partial charge on any atom is -0.345 e. The SMILES string of the molecule is C1=CC2=C(c3ccc4ccccc4c3)N=C(n3c4ccc(-c5ccccc5)cc4c4cc(-n5c6ccccc6c6ccc7c8ccccc8sc7c65)ccc43)NC2C=C1. The summed E-state index contributed by atoms with van der Waals surface area (Å²) < 4.78 is 7.45. The molecular formula is C54H34N4S. The zero-order valence-corrected chi connectivity index (χ0v) is 32.6. The number of hydrogen-bond acceptors (Lipinski definition) is 3. The summed E-state index contributed by atoms with van der Waals surface area (Å²) in [4.78, 5) is 5.53. The zero-order chi connectivity index (χ0) is 38.6. The molecule has 3 aromatic heterocycles. The van der Waals surface area contributed by atoms with Crippen LogP contribution in [0.4, 0.5) is 0 Å². The minimum atomic E-state index is -0.0225. The van der Waals surface area contributed by atoms with Gasteiger partial charge in [-0.15, -0.1) is 11.3 Å². The van der Waals surface area contributed by atoms with Crippen LogP contribution < -0.4 is 5.32 Å². The first kappa shape index (κ1) is 32.6. The maximum Gasteiger partial charge on any atom is 0.209 e. The summed E-state index contributed by atoms with van der Waals surface area (Å²) in [5.74, 6) is 0.811. The van der Waals surface area contributed by atoms with Crippen molar-refractivity contribution in [3.63, 3.8) is 0 Å². The lowest BCUT2D eigenvalue weighted by molar-refractivity contribution is 0.805. The molecule has 0 radical (unpaired) electrons. The Balaban J connectivity index is 1.09. The van der Waals surface area contributed by atoms with Gasteiger partial charge in [-0.3, -0.25) is 4.57 Å². The van der Waals surface area contributed by atoms with Crippen LogP contribution in [-0.2, 0) is 0 Å². The van der Waals surface area contributed by atoms with Gasteiger partial charge in [-0.05, 0) is 70.4 Å². The maximum absolute atomic E-state index is 5.53. The molecule has 1 N–H and O–H groups in total. The fraction of sp³-hybridized carbons (Fsp3) is 0.0185. The molecule has 1 aliphatic carbocycles. The summed E-state index contributed by atoms with van der Waals surface area (Å²) in [7, 11) is 0. The van der Waals surface area contributed by atoms with Crippen molar-refractivity contribution in [1.82, 2.24) is 14.5 Å². The van der Waals surface area contributed by atoms with E-state index in [1.165, 1.54) is 80.2 Å². The summed E-state index contributed by atoms with van der Waals surface area (Å²) in [5, 5.41) is 13.8.